The summed E-state index contributed by atoms with van der Waals surface area (Å²) in [4.78, 5) is 11.0. The molecule has 0 bridgehead atoms. The van der Waals surface area contributed by atoms with Crippen molar-refractivity contribution in [3.63, 3.8) is 0 Å². The number of nitrogen functional groups attached to an aromatic ring is 1. The van der Waals surface area contributed by atoms with Crippen molar-refractivity contribution in [2.45, 2.75) is 56.6 Å². The van der Waals surface area contributed by atoms with Crippen molar-refractivity contribution in [1.29, 1.82) is 0 Å². The molecule has 5 heteroatoms. The Balaban J connectivity index is 1.83. The molecular formula is C14H22N4O. The van der Waals surface area contributed by atoms with Crippen LogP contribution in [0.3, 0.4) is 0 Å². The molecule has 2 aliphatic carbocycles. The van der Waals surface area contributed by atoms with Crippen molar-refractivity contribution in [1.82, 2.24) is 9.97 Å². The first-order valence-electron chi connectivity index (χ1n) is 7.20. The van der Waals surface area contributed by atoms with E-state index in [2.05, 4.69) is 14.9 Å². The molecule has 0 aromatic carbocycles. The van der Waals surface area contributed by atoms with Crippen LogP contribution in [0.15, 0.2) is 6.07 Å². The minimum atomic E-state index is -0.265. The van der Waals surface area contributed by atoms with E-state index >= 15 is 0 Å². The summed E-state index contributed by atoms with van der Waals surface area (Å²) in [6.07, 6.45) is 6.24. The Kier molecular flexibility index (Phi) is 3.31. The fourth-order valence-electron chi connectivity index (χ4n) is 2.89. The standard InChI is InChI=1S/C14H22N4O/c1-18(10-4-2-3-5-11(10)19)13-8-12(15)16-14(17-13)9-6-7-9/h8-11,19H,2-7H2,1H3,(H2,15,16,17). The van der Waals surface area contributed by atoms with Crippen LogP contribution in [-0.2, 0) is 0 Å². The molecule has 0 radical (unpaired) electrons. The van der Waals surface area contributed by atoms with E-state index in [0.29, 0.717) is 11.7 Å². The van der Waals surface area contributed by atoms with E-state index in [0.717, 1.165) is 30.9 Å². The van der Waals surface area contributed by atoms with Crippen molar-refractivity contribution in [3.05, 3.63) is 11.9 Å². The van der Waals surface area contributed by atoms with Crippen LogP contribution in [0.5, 0.6) is 0 Å². The quantitative estimate of drug-likeness (QED) is 0.866. The third-order valence-electron chi connectivity index (χ3n) is 4.25. The lowest BCUT2D eigenvalue weighted by molar-refractivity contribution is 0.106. The molecule has 0 amide bonds. The Morgan fingerprint density at radius 2 is 1.95 bits per heavy atom. The molecule has 0 spiro atoms. The van der Waals surface area contributed by atoms with Gasteiger partial charge < -0.3 is 15.7 Å². The fraction of sp³-hybridized carbons (Fsp3) is 0.714. The molecule has 104 valence electrons. The average Bonchev–Trinajstić information content (AvgIpc) is 3.22. The number of aliphatic hydroxyl groups excluding tert-OH is 1. The molecule has 1 aromatic heterocycles. The van der Waals surface area contributed by atoms with Gasteiger partial charge in [0.25, 0.3) is 0 Å². The summed E-state index contributed by atoms with van der Waals surface area (Å²) in [5, 5.41) is 10.1. The van der Waals surface area contributed by atoms with Gasteiger partial charge in [0.2, 0.25) is 0 Å². The number of rotatable bonds is 3. The molecule has 2 saturated carbocycles. The molecular weight excluding hydrogens is 240 g/mol. The van der Waals surface area contributed by atoms with Crippen molar-refractivity contribution < 1.29 is 5.11 Å². The van der Waals surface area contributed by atoms with Crippen LogP contribution >= 0.6 is 0 Å². The van der Waals surface area contributed by atoms with Gasteiger partial charge in [-0.3, -0.25) is 0 Å². The Morgan fingerprint density at radius 1 is 1.21 bits per heavy atom. The Labute approximate surface area is 113 Å². The van der Waals surface area contributed by atoms with Crippen molar-refractivity contribution in [3.8, 4) is 0 Å². The van der Waals surface area contributed by atoms with Gasteiger partial charge in [-0.15, -0.1) is 0 Å². The molecule has 1 aromatic rings. The van der Waals surface area contributed by atoms with Crippen LogP contribution in [0.2, 0.25) is 0 Å². The van der Waals surface area contributed by atoms with Crippen LogP contribution in [0, 0.1) is 0 Å². The molecule has 0 saturated heterocycles. The van der Waals surface area contributed by atoms with Crippen molar-refractivity contribution >= 4 is 11.6 Å². The van der Waals surface area contributed by atoms with E-state index in [1.165, 1.54) is 19.3 Å². The van der Waals surface area contributed by atoms with Gasteiger partial charge in [0.1, 0.15) is 17.5 Å². The van der Waals surface area contributed by atoms with Crippen LogP contribution in [0.25, 0.3) is 0 Å². The third-order valence-corrected chi connectivity index (χ3v) is 4.25. The van der Waals surface area contributed by atoms with Gasteiger partial charge in [-0.2, -0.15) is 0 Å². The van der Waals surface area contributed by atoms with Crippen LogP contribution < -0.4 is 10.6 Å². The maximum atomic E-state index is 10.1. The van der Waals surface area contributed by atoms with Gasteiger partial charge in [-0.1, -0.05) is 12.8 Å². The third kappa shape index (κ3) is 2.66. The number of anilines is 2. The second-order valence-electron chi connectivity index (χ2n) is 5.81. The van der Waals surface area contributed by atoms with Gasteiger partial charge in [0.15, 0.2) is 0 Å². The zero-order chi connectivity index (χ0) is 13.4. The number of hydrogen-bond acceptors (Lipinski definition) is 5. The number of nitrogens with two attached hydrogens (primary N) is 1. The lowest BCUT2D eigenvalue weighted by atomic mass is 9.91. The minimum absolute atomic E-state index is 0.148. The maximum Gasteiger partial charge on any atom is 0.136 e. The number of aliphatic hydroxyl groups is 1. The minimum Gasteiger partial charge on any atom is -0.391 e. The van der Waals surface area contributed by atoms with E-state index in [9.17, 15) is 5.11 Å². The molecule has 19 heavy (non-hydrogen) atoms. The highest BCUT2D eigenvalue weighted by atomic mass is 16.3. The molecule has 2 atom stereocenters. The highest BCUT2D eigenvalue weighted by Crippen LogP contribution is 2.39. The summed E-state index contributed by atoms with van der Waals surface area (Å²) in [6, 6.07) is 1.96. The zero-order valence-electron chi connectivity index (χ0n) is 11.4. The highest BCUT2D eigenvalue weighted by Gasteiger charge is 2.30. The Bertz CT molecular complexity index is 461. The van der Waals surface area contributed by atoms with Crippen molar-refractivity contribution in [2.75, 3.05) is 17.7 Å². The molecule has 1 heterocycles. The molecule has 3 rings (SSSR count). The number of hydrogen-bond donors (Lipinski definition) is 2. The summed E-state index contributed by atoms with van der Waals surface area (Å²) >= 11 is 0. The molecule has 2 fully saturated rings. The van der Waals surface area contributed by atoms with Gasteiger partial charge in [-0.05, 0) is 25.7 Å². The van der Waals surface area contributed by atoms with E-state index < -0.39 is 0 Å². The van der Waals surface area contributed by atoms with Crippen LogP contribution in [0.1, 0.15) is 50.3 Å². The van der Waals surface area contributed by atoms with Gasteiger partial charge in [0, 0.05) is 19.0 Å². The molecule has 0 aliphatic heterocycles. The number of nitrogens with zero attached hydrogens (tertiary/aromatic N) is 3. The van der Waals surface area contributed by atoms with Crippen molar-refractivity contribution in [2.24, 2.45) is 0 Å². The first-order valence-corrected chi connectivity index (χ1v) is 7.20. The van der Waals surface area contributed by atoms with E-state index in [1.54, 1.807) is 0 Å². The second-order valence-corrected chi connectivity index (χ2v) is 5.81. The Morgan fingerprint density at radius 3 is 2.63 bits per heavy atom. The lowest BCUT2D eigenvalue weighted by Gasteiger charge is -2.36. The first kappa shape index (κ1) is 12.7. The topological polar surface area (TPSA) is 75.3 Å². The predicted molar refractivity (Wildman–Crippen MR) is 75.1 cm³/mol. The smallest absolute Gasteiger partial charge is 0.136 e. The van der Waals surface area contributed by atoms with Gasteiger partial charge in [-0.25, -0.2) is 9.97 Å². The average molecular weight is 262 g/mol. The molecule has 2 aliphatic rings. The monoisotopic (exact) mass is 262 g/mol. The van der Waals surface area contributed by atoms with Gasteiger partial charge in [0.05, 0.1) is 12.1 Å². The predicted octanol–water partition coefficient (Wildman–Crippen LogP) is 1.68. The SMILES string of the molecule is CN(c1cc(N)nc(C2CC2)n1)C1CCCCC1O. The van der Waals surface area contributed by atoms with Gasteiger partial charge >= 0.3 is 0 Å². The largest absolute Gasteiger partial charge is 0.391 e. The maximum absolute atomic E-state index is 10.1. The first-order chi connectivity index (χ1) is 9.15. The second kappa shape index (κ2) is 4.96. The zero-order valence-corrected chi connectivity index (χ0v) is 11.4. The molecule has 5 nitrogen and oxygen atoms in total. The summed E-state index contributed by atoms with van der Waals surface area (Å²) < 4.78 is 0. The summed E-state index contributed by atoms with van der Waals surface area (Å²) in [6.45, 7) is 0. The van der Waals surface area contributed by atoms with E-state index in [-0.39, 0.29) is 12.1 Å². The van der Waals surface area contributed by atoms with E-state index in [1.807, 2.05) is 13.1 Å². The molecule has 3 N–H and O–H groups in total. The number of likely N-dealkylation sites (N-methyl/N-ethyl adjacent to an activating group) is 1. The highest BCUT2D eigenvalue weighted by molar-refractivity contribution is 5.48. The Hall–Kier alpha value is -1.36. The normalized spacial score (nSPS) is 27.3. The summed E-state index contributed by atoms with van der Waals surface area (Å²) in [5.41, 5.74) is 5.89. The summed E-state index contributed by atoms with van der Waals surface area (Å²) in [5.74, 6) is 2.74. The van der Waals surface area contributed by atoms with Crippen LogP contribution in [-0.4, -0.2) is 34.3 Å². The fourth-order valence-corrected chi connectivity index (χ4v) is 2.89. The number of aromatic nitrogens is 2. The lowest BCUT2D eigenvalue weighted by Crippen LogP contribution is -2.44. The van der Waals surface area contributed by atoms with E-state index in [4.69, 9.17) is 5.73 Å². The molecule has 2 unspecified atom stereocenters. The van der Waals surface area contributed by atoms with Crippen LogP contribution in [0.4, 0.5) is 11.6 Å². The summed E-state index contributed by atoms with van der Waals surface area (Å²) in [7, 11) is 2.00.